The second kappa shape index (κ2) is 14.6. The maximum atomic E-state index is 12.4. The summed E-state index contributed by atoms with van der Waals surface area (Å²) in [6.45, 7) is 10.1. The van der Waals surface area contributed by atoms with Crippen LogP contribution in [0.15, 0.2) is 101 Å². The topological polar surface area (TPSA) is 99.1 Å². The summed E-state index contributed by atoms with van der Waals surface area (Å²) in [4.78, 5) is 39.7. The van der Waals surface area contributed by atoms with Crippen LogP contribution in [0.1, 0.15) is 50.8 Å². The minimum absolute atomic E-state index is 0.154. The van der Waals surface area contributed by atoms with Crippen LogP contribution in [-0.2, 0) is 9.59 Å². The quantitative estimate of drug-likeness (QED) is 0.164. The fourth-order valence-corrected chi connectivity index (χ4v) is 5.90. The van der Waals surface area contributed by atoms with Crippen molar-refractivity contribution in [1.82, 2.24) is 10.2 Å². The highest BCUT2D eigenvalue weighted by Crippen LogP contribution is 2.36. The van der Waals surface area contributed by atoms with Crippen molar-refractivity contribution in [3.8, 4) is 0 Å². The van der Waals surface area contributed by atoms with E-state index in [-0.39, 0.29) is 23.1 Å². The first-order valence-corrected chi connectivity index (χ1v) is 14.7. The van der Waals surface area contributed by atoms with Gasteiger partial charge in [0.05, 0.1) is 17.7 Å². The number of rotatable bonds is 11. The van der Waals surface area contributed by atoms with E-state index in [9.17, 15) is 19.6 Å². The van der Waals surface area contributed by atoms with Gasteiger partial charge in [-0.15, -0.1) is 16.2 Å². The maximum absolute atomic E-state index is 12.4. The van der Waals surface area contributed by atoms with Crippen molar-refractivity contribution in [1.29, 1.82) is 0 Å². The van der Waals surface area contributed by atoms with Gasteiger partial charge in [0.1, 0.15) is 0 Å². The Morgan fingerprint density at radius 1 is 1.20 bits per heavy atom. The van der Waals surface area contributed by atoms with E-state index in [0.717, 1.165) is 22.6 Å². The average Bonchev–Trinajstić information content (AvgIpc) is 3.46. The van der Waals surface area contributed by atoms with Crippen LogP contribution in [0.25, 0.3) is 11.1 Å². The molecule has 0 saturated heterocycles. The molecule has 2 aliphatic heterocycles. The molecule has 4 atom stereocenters. The van der Waals surface area contributed by atoms with Gasteiger partial charge in [0.25, 0.3) is 0 Å². The van der Waals surface area contributed by atoms with Gasteiger partial charge < -0.3 is 15.3 Å². The molecule has 1 aromatic heterocycles. The minimum Gasteiger partial charge on any atom is -0.478 e. The van der Waals surface area contributed by atoms with Gasteiger partial charge in [-0.2, -0.15) is 0 Å². The number of amides is 1. The number of hydrogen-bond acceptors (Lipinski definition) is 6. The second-order valence-corrected chi connectivity index (χ2v) is 11.3. The number of carboxylic acids is 1. The monoisotopic (exact) mass is 573 g/mol. The van der Waals surface area contributed by atoms with Crippen molar-refractivity contribution in [3.63, 3.8) is 0 Å². The van der Waals surface area contributed by atoms with Crippen LogP contribution in [0.3, 0.4) is 0 Å². The summed E-state index contributed by atoms with van der Waals surface area (Å²) in [6.07, 6.45) is 21.7. The van der Waals surface area contributed by atoms with Crippen LogP contribution in [-0.4, -0.2) is 41.0 Å². The van der Waals surface area contributed by atoms with Crippen LogP contribution in [0, 0.1) is 16.7 Å². The molecule has 2 aliphatic rings. The Kier molecular flexibility index (Phi) is 11.2. The van der Waals surface area contributed by atoms with E-state index in [1.54, 1.807) is 42.6 Å². The minimum atomic E-state index is -1.03. The normalized spacial score (nSPS) is 21.3. The van der Waals surface area contributed by atoms with Crippen molar-refractivity contribution in [2.75, 3.05) is 7.05 Å². The molecule has 0 bridgehead atoms. The van der Waals surface area contributed by atoms with Crippen LogP contribution >= 0.6 is 11.3 Å². The summed E-state index contributed by atoms with van der Waals surface area (Å²) in [7, 11) is 1.95. The molecular formula is C33H39N3O4S. The molecule has 3 heterocycles. The number of hydrogen-bond donors (Lipinski definition) is 2. The van der Waals surface area contributed by atoms with Crippen molar-refractivity contribution in [2.45, 2.75) is 53.1 Å². The summed E-state index contributed by atoms with van der Waals surface area (Å²) in [6, 6.07) is 3.65. The van der Waals surface area contributed by atoms with Gasteiger partial charge in [-0.1, -0.05) is 57.2 Å². The number of aliphatic carboxylic acids is 1. The first kappa shape index (κ1) is 31.5. The number of allylic oxidation sites excluding steroid dienone is 7. The third kappa shape index (κ3) is 7.79. The molecular weight excluding hydrogens is 534 g/mol. The SMILES string of the molecule is C/C=C\C=C(\c1ccc(C2=CC(C3=CC(C(=O)N=O)=CC(C(C)/C=C(\C=C/C)C(=O)O)N3)N(C)C=C2)s1)C(C)CC. The maximum Gasteiger partial charge on any atom is 0.335 e. The standard InChI is InChI=1S/C33H39N3O4S/c1-7-10-12-26(21(4)9-3)31-14-13-30(41-31)23-15-16-36(6)29(20-23)28-19-25(32(37)35-40)18-27(34-28)22(5)17-24(11-8-2)33(38)39/h7-8,10-22,27,29,34H,9H2,1-6H3,(H,38,39)/b10-7-,11-8-,24-17+,26-12+. The lowest BCUT2D eigenvalue weighted by molar-refractivity contribution is -0.132. The number of carbonyl (C=O) groups is 2. The third-order valence-corrected chi connectivity index (χ3v) is 8.49. The van der Waals surface area contributed by atoms with Crippen LogP contribution in [0.2, 0.25) is 0 Å². The van der Waals surface area contributed by atoms with Crippen molar-refractivity contribution >= 4 is 34.4 Å². The molecule has 2 N–H and O–H groups in total. The van der Waals surface area contributed by atoms with Gasteiger partial charge in [-0.3, -0.25) is 4.79 Å². The lowest BCUT2D eigenvalue weighted by Gasteiger charge is -2.35. The molecule has 41 heavy (non-hydrogen) atoms. The zero-order valence-corrected chi connectivity index (χ0v) is 25.3. The van der Waals surface area contributed by atoms with Crippen molar-refractivity contribution in [2.24, 2.45) is 17.0 Å². The first-order valence-electron chi connectivity index (χ1n) is 13.8. The Morgan fingerprint density at radius 3 is 2.59 bits per heavy atom. The second-order valence-electron chi connectivity index (χ2n) is 10.2. The van der Waals surface area contributed by atoms with Gasteiger partial charge in [0, 0.05) is 39.4 Å². The average molecular weight is 574 g/mol. The molecule has 0 aromatic carbocycles. The van der Waals surface area contributed by atoms with E-state index in [2.05, 4.69) is 60.8 Å². The van der Waals surface area contributed by atoms with E-state index < -0.39 is 17.9 Å². The molecule has 7 nitrogen and oxygen atoms in total. The van der Waals surface area contributed by atoms with Crippen LogP contribution < -0.4 is 5.32 Å². The Morgan fingerprint density at radius 2 is 1.95 bits per heavy atom. The van der Waals surface area contributed by atoms with Crippen molar-refractivity contribution in [3.05, 3.63) is 111 Å². The number of nitroso groups, excluding NO2 is 1. The molecule has 0 fully saturated rings. The summed E-state index contributed by atoms with van der Waals surface area (Å²) in [5.74, 6) is -1.76. The Balaban J connectivity index is 1.98. The largest absolute Gasteiger partial charge is 0.478 e. The number of likely N-dealkylation sites (N-methyl/N-ethyl adjacent to an activating group) is 1. The fraction of sp³-hybridized carbons (Fsp3) is 0.333. The van der Waals surface area contributed by atoms with Gasteiger partial charge >= 0.3 is 11.9 Å². The molecule has 1 aromatic rings. The number of nitrogens with zero attached hydrogens (tertiary/aromatic N) is 2. The molecule has 216 valence electrons. The molecule has 0 spiro atoms. The number of dihydropyridines is 1. The molecule has 3 rings (SSSR count). The first-order chi connectivity index (χ1) is 19.6. The summed E-state index contributed by atoms with van der Waals surface area (Å²) in [5.41, 5.74) is 3.43. The van der Waals surface area contributed by atoms with E-state index >= 15 is 0 Å². The predicted molar refractivity (Wildman–Crippen MR) is 169 cm³/mol. The molecule has 0 aliphatic carbocycles. The third-order valence-electron chi connectivity index (χ3n) is 7.31. The highest BCUT2D eigenvalue weighted by Gasteiger charge is 2.29. The summed E-state index contributed by atoms with van der Waals surface area (Å²) < 4.78 is 0. The van der Waals surface area contributed by atoms with Gasteiger partial charge in [0.15, 0.2) is 0 Å². The van der Waals surface area contributed by atoms with Gasteiger partial charge in [-0.05, 0) is 79.7 Å². The van der Waals surface area contributed by atoms with E-state index in [0.29, 0.717) is 5.92 Å². The lowest BCUT2D eigenvalue weighted by Crippen LogP contribution is -2.43. The summed E-state index contributed by atoms with van der Waals surface area (Å²) >= 11 is 1.75. The van der Waals surface area contributed by atoms with Crippen LogP contribution in [0.5, 0.6) is 0 Å². The Labute approximate surface area is 246 Å². The molecule has 8 heteroatoms. The highest BCUT2D eigenvalue weighted by molar-refractivity contribution is 7.14. The number of nitrogens with one attached hydrogen (secondary N) is 1. The fourth-order valence-electron chi connectivity index (χ4n) is 4.75. The van der Waals surface area contributed by atoms with Crippen LogP contribution in [0.4, 0.5) is 0 Å². The number of carboxylic acid groups (broad SMARTS) is 1. The zero-order valence-electron chi connectivity index (χ0n) is 24.5. The highest BCUT2D eigenvalue weighted by atomic mass is 32.1. The van der Waals surface area contributed by atoms with Gasteiger partial charge in [-0.25, -0.2) is 4.79 Å². The Hall–Kier alpha value is -4.04. The van der Waals surface area contributed by atoms with E-state index in [1.165, 1.54) is 16.5 Å². The number of carbonyl (C=O) groups excluding carboxylic acids is 1. The lowest BCUT2D eigenvalue weighted by atomic mass is 9.91. The van der Waals surface area contributed by atoms with Crippen molar-refractivity contribution < 1.29 is 14.7 Å². The molecule has 4 unspecified atom stereocenters. The van der Waals surface area contributed by atoms with Gasteiger partial charge in [0.2, 0.25) is 0 Å². The summed E-state index contributed by atoms with van der Waals surface area (Å²) in [5, 5.41) is 15.7. The van der Waals surface area contributed by atoms with E-state index in [1.807, 2.05) is 38.1 Å². The molecule has 0 radical (unpaired) electrons. The molecule has 0 saturated carbocycles. The zero-order chi connectivity index (χ0) is 30.1. The Bertz CT molecular complexity index is 1400. The smallest absolute Gasteiger partial charge is 0.335 e. The molecule has 1 amide bonds. The number of thiophene rings is 1. The predicted octanol–water partition coefficient (Wildman–Crippen LogP) is 7.26. The van der Waals surface area contributed by atoms with E-state index in [4.69, 9.17) is 0 Å².